The van der Waals surface area contributed by atoms with E-state index in [4.69, 9.17) is 27.9 Å². The van der Waals surface area contributed by atoms with Crippen LogP contribution in [0.15, 0.2) is 29.3 Å². The summed E-state index contributed by atoms with van der Waals surface area (Å²) in [5.74, 6) is 0.0362. The van der Waals surface area contributed by atoms with Gasteiger partial charge in [-0.15, -0.1) is 0 Å². The van der Waals surface area contributed by atoms with Gasteiger partial charge in [-0.3, -0.25) is 14.2 Å². The molecule has 0 aromatic carbocycles. The minimum Gasteiger partial charge on any atom is -0.478 e. The molecule has 0 aliphatic rings. The number of amides is 1. The monoisotopic (exact) mass is 422 g/mol. The Morgan fingerprint density at radius 1 is 1.25 bits per heavy atom. The SMILES string of the molecule is CCn1c(=O)c(OCC(=O)NC)cc2cc(Nc3nc(Cl)ncc3Cl)cnc21. The van der Waals surface area contributed by atoms with Gasteiger partial charge in [0.15, 0.2) is 18.2 Å². The standard InChI is InChI=1S/C17H16Cl2N6O3/c1-3-25-15-9(5-12(16(25)27)28-8-13(26)20-2)4-10(6-21-15)23-14-11(18)7-22-17(19)24-14/h4-7H,3,8H2,1-2H3,(H,20,26)(H,22,23,24). The Morgan fingerprint density at radius 3 is 2.75 bits per heavy atom. The second kappa shape index (κ2) is 8.41. The number of anilines is 2. The third-order valence-electron chi connectivity index (χ3n) is 3.82. The number of halogens is 2. The number of nitrogens with zero attached hydrogens (tertiary/aromatic N) is 4. The van der Waals surface area contributed by atoms with E-state index in [9.17, 15) is 9.59 Å². The molecule has 0 saturated heterocycles. The molecular weight excluding hydrogens is 407 g/mol. The lowest BCUT2D eigenvalue weighted by atomic mass is 10.2. The summed E-state index contributed by atoms with van der Waals surface area (Å²) < 4.78 is 6.85. The molecular formula is C17H16Cl2N6O3. The fraction of sp³-hybridized carbons (Fsp3) is 0.235. The molecule has 0 bridgehead atoms. The predicted octanol–water partition coefficient (Wildman–Crippen LogP) is 2.38. The van der Waals surface area contributed by atoms with E-state index in [1.807, 2.05) is 6.92 Å². The lowest BCUT2D eigenvalue weighted by molar-refractivity contribution is -0.122. The average molecular weight is 423 g/mol. The van der Waals surface area contributed by atoms with Crippen LogP contribution >= 0.6 is 23.2 Å². The Hall–Kier alpha value is -2.91. The molecule has 28 heavy (non-hydrogen) atoms. The molecule has 9 nitrogen and oxygen atoms in total. The van der Waals surface area contributed by atoms with Crippen LogP contribution in [0.4, 0.5) is 11.5 Å². The Labute approximate surface area is 169 Å². The van der Waals surface area contributed by atoms with Gasteiger partial charge in [0.25, 0.3) is 11.5 Å². The van der Waals surface area contributed by atoms with Crippen molar-refractivity contribution in [3.8, 4) is 5.75 Å². The van der Waals surface area contributed by atoms with E-state index < -0.39 is 0 Å². The first-order valence-corrected chi connectivity index (χ1v) is 9.00. The second-order valence-corrected chi connectivity index (χ2v) is 6.36. The number of ether oxygens (including phenoxy) is 1. The van der Waals surface area contributed by atoms with E-state index in [1.165, 1.54) is 17.8 Å². The van der Waals surface area contributed by atoms with Gasteiger partial charge in [0, 0.05) is 19.0 Å². The van der Waals surface area contributed by atoms with E-state index in [2.05, 4.69) is 25.6 Å². The average Bonchev–Trinajstić information content (AvgIpc) is 2.69. The molecule has 3 aromatic rings. The number of fused-ring (bicyclic) bond motifs is 1. The van der Waals surface area contributed by atoms with E-state index >= 15 is 0 Å². The van der Waals surface area contributed by atoms with Crippen LogP contribution in [0.5, 0.6) is 5.75 Å². The first-order chi connectivity index (χ1) is 13.4. The second-order valence-electron chi connectivity index (χ2n) is 5.62. The lowest BCUT2D eigenvalue weighted by Crippen LogP contribution is -2.28. The van der Waals surface area contributed by atoms with Crippen molar-refractivity contribution < 1.29 is 9.53 Å². The van der Waals surface area contributed by atoms with Crippen molar-refractivity contribution in [2.24, 2.45) is 0 Å². The van der Waals surface area contributed by atoms with Gasteiger partial charge in [0.1, 0.15) is 10.7 Å². The van der Waals surface area contributed by atoms with Crippen molar-refractivity contribution in [1.29, 1.82) is 0 Å². The molecule has 0 aliphatic heterocycles. The van der Waals surface area contributed by atoms with Gasteiger partial charge in [-0.25, -0.2) is 9.97 Å². The zero-order chi connectivity index (χ0) is 20.3. The van der Waals surface area contributed by atoms with Gasteiger partial charge in [0.2, 0.25) is 5.28 Å². The first kappa shape index (κ1) is 19.8. The highest BCUT2D eigenvalue weighted by molar-refractivity contribution is 6.33. The van der Waals surface area contributed by atoms with Crippen LogP contribution in [-0.4, -0.2) is 39.1 Å². The quantitative estimate of drug-likeness (QED) is 0.586. The predicted molar refractivity (Wildman–Crippen MR) is 107 cm³/mol. The number of hydrogen-bond acceptors (Lipinski definition) is 7. The summed E-state index contributed by atoms with van der Waals surface area (Å²) in [6.07, 6.45) is 2.93. The Kier molecular flexibility index (Phi) is 5.96. The normalized spacial score (nSPS) is 10.7. The maximum atomic E-state index is 12.6. The highest BCUT2D eigenvalue weighted by atomic mass is 35.5. The zero-order valence-electron chi connectivity index (χ0n) is 15.0. The number of aryl methyl sites for hydroxylation is 1. The third kappa shape index (κ3) is 4.15. The highest BCUT2D eigenvalue weighted by Gasteiger charge is 2.13. The van der Waals surface area contributed by atoms with E-state index in [0.29, 0.717) is 29.1 Å². The first-order valence-electron chi connectivity index (χ1n) is 8.25. The summed E-state index contributed by atoms with van der Waals surface area (Å²) in [5.41, 5.74) is 0.692. The van der Waals surface area contributed by atoms with E-state index in [1.54, 1.807) is 18.3 Å². The fourth-order valence-corrected chi connectivity index (χ4v) is 2.76. The number of nitrogens with one attached hydrogen (secondary N) is 2. The van der Waals surface area contributed by atoms with Crippen LogP contribution in [0.3, 0.4) is 0 Å². The van der Waals surface area contributed by atoms with Crippen LogP contribution in [0, 0.1) is 0 Å². The maximum Gasteiger partial charge on any atom is 0.294 e. The number of carbonyl (C=O) groups excluding carboxylic acids is 1. The number of carbonyl (C=O) groups is 1. The summed E-state index contributed by atoms with van der Waals surface area (Å²) in [6, 6.07) is 3.30. The van der Waals surface area contributed by atoms with Gasteiger partial charge in [-0.2, -0.15) is 4.98 Å². The summed E-state index contributed by atoms with van der Waals surface area (Å²) in [7, 11) is 1.49. The highest BCUT2D eigenvalue weighted by Crippen LogP contribution is 2.26. The van der Waals surface area contributed by atoms with Crippen molar-refractivity contribution in [3.63, 3.8) is 0 Å². The minimum absolute atomic E-state index is 0.0466. The molecule has 2 N–H and O–H groups in total. The number of aromatic nitrogens is 4. The molecule has 0 fully saturated rings. The van der Waals surface area contributed by atoms with Crippen molar-refractivity contribution in [2.45, 2.75) is 13.5 Å². The van der Waals surface area contributed by atoms with Gasteiger partial charge in [-0.05, 0) is 30.7 Å². The number of pyridine rings is 2. The van der Waals surface area contributed by atoms with Crippen LogP contribution in [0.1, 0.15) is 6.92 Å². The molecule has 0 radical (unpaired) electrons. The summed E-state index contributed by atoms with van der Waals surface area (Å²) in [5, 5.41) is 6.42. The molecule has 0 unspecified atom stereocenters. The molecule has 0 atom stereocenters. The summed E-state index contributed by atoms with van der Waals surface area (Å²) in [4.78, 5) is 36.2. The molecule has 146 valence electrons. The van der Waals surface area contributed by atoms with Crippen molar-refractivity contribution in [1.82, 2.24) is 24.8 Å². The molecule has 3 heterocycles. The summed E-state index contributed by atoms with van der Waals surface area (Å²) >= 11 is 11.9. The molecule has 3 rings (SSSR count). The molecule has 0 saturated carbocycles. The maximum absolute atomic E-state index is 12.6. The van der Waals surface area contributed by atoms with Crippen molar-refractivity contribution in [3.05, 3.63) is 45.2 Å². The third-order valence-corrected chi connectivity index (χ3v) is 4.28. The van der Waals surface area contributed by atoms with E-state index in [-0.39, 0.29) is 34.1 Å². The fourth-order valence-electron chi connectivity index (χ4n) is 2.49. The molecule has 0 aliphatic carbocycles. The number of rotatable bonds is 6. The summed E-state index contributed by atoms with van der Waals surface area (Å²) in [6.45, 7) is 1.95. The van der Waals surface area contributed by atoms with Crippen molar-refractivity contribution >= 4 is 51.6 Å². The minimum atomic E-state index is -0.363. The van der Waals surface area contributed by atoms with Crippen LogP contribution in [0.2, 0.25) is 10.3 Å². The lowest BCUT2D eigenvalue weighted by Gasteiger charge is -2.13. The number of hydrogen-bond donors (Lipinski definition) is 2. The zero-order valence-corrected chi connectivity index (χ0v) is 16.5. The smallest absolute Gasteiger partial charge is 0.294 e. The van der Waals surface area contributed by atoms with Crippen LogP contribution in [-0.2, 0) is 11.3 Å². The van der Waals surface area contributed by atoms with Gasteiger partial charge in [-0.1, -0.05) is 11.6 Å². The number of likely N-dealkylation sites (N-methyl/N-ethyl adjacent to an activating group) is 1. The van der Waals surface area contributed by atoms with Crippen molar-refractivity contribution in [2.75, 3.05) is 19.0 Å². The van der Waals surface area contributed by atoms with Gasteiger partial charge >= 0.3 is 0 Å². The topological polar surface area (TPSA) is 111 Å². The van der Waals surface area contributed by atoms with E-state index in [0.717, 1.165) is 0 Å². The Balaban J connectivity index is 2.02. The molecule has 3 aromatic heterocycles. The van der Waals surface area contributed by atoms with Gasteiger partial charge < -0.3 is 15.4 Å². The molecule has 1 amide bonds. The Morgan fingerprint density at radius 2 is 2.04 bits per heavy atom. The Bertz CT molecular complexity index is 1100. The van der Waals surface area contributed by atoms with Crippen LogP contribution < -0.4 is 20.9 Å². The largest absolute Gasteiger partial charge is 0.478 e. The van der Waals surface area contributed by atoms with Crippen LogP contribution in [0.25, 0.3) is 11.0 Å². The molecule has 11 heteroatoms. The van der Waals surface area contributed by atoms with Gasteiger partial charge in [0.05, 0.1) is 18.1 Å². The molecule has 0 spiro atoms.